The summed E-state index contributed by atoms with van der Waals surface area (Å²) in [6.07, 6.45) is 2.16. The van der Waals surface area contributed by atoms with Crippen molar-refractivity contribution in [3.63, 3.8) is 0 Å². The summed E-state index contributed by atoms with van der Waals surface area (Å²) in [6, 6.07) is 13.4. The topological polar surface area (TPSA) is 37.3 Å². The lowest BCUT2D eigenvalue weighted by Gasteiger charge is -2.20. The second kappa shape index (κ2) is 6.02. The fourth-order valence-electron chi connectivity index (χ4n) is 2.43. The number of carbonyl (C=O) groups is 1. The molecule has 0 saturated heterocycles. The zero-order valence-electron chi connectivity index (χ0n) is 10.7. The molecule has 0 fully saturated rings. The second-order valence-electron chi connectivity index (χ2n) is 4.64. The number of benzene rings is 2. The third-order valence-electron chi connectivity index (χ3n) is 3.29. The van der Waals surface area contributed by atoms with Crippen LogP contribution in [0.25, 0.3) is 0 Å². The molecule has 0 amide bonds. The van der Waals surface area contributed by atoms with Crippen LogP contribution < -0.4 is 0 Å². The molecule has 0 spiro atoms. The Balaban J connectivity index is 0.000000408. The van der Waals surface area contributed by atoms with Crippen LogP contribution in [0.3, 0.4) is 0 Å². The number of fused-ring (bicyclic) bond motifs is 2. The minimum Gasteiger partial charge on any atom is -0.483 e. The highest BCUT2D eigenvalue weighted by Crippen LogP contribution is 2.29. The van der Waals surface area contributed by atoms with Gasteiger partial charge in [-0.05, 0) is 54.2 Å². The van der Waals surface area contributed by atoms with E-state index in [1.165, 1.54) is 32.3 Å². The molecule has 0 aliphatic heterocycles. The van der Waals surface area contributed by atoms with Gasteiger partial charge in [0.15, 0.2) is 0 Å². The Morgan fingerprint density at radius 3 is 2.21 bits per heavy atom. The summed E-state index contributed by atoms with van der Waals surface area (Å²) in [7, 11) is 0. The Morgan fingerprint density at radius 1 is 1.00 bits per heavy atom. The first-order chi connectivity index (χ1) is 9.13. The van der Waals surface area contributed by atoms with E-state index in [2.05, 4.69) is 59.3 Å². The Hall–Kier alpha value is -1.61. The van der Waals surface area contributed by atoms with Crippen LogP contribution in [0.15, 0.2) is 40.9 Å². The van der Waals surface area contributed by atoms with Crippen LogP contribution >= 0.6 is 15.9 Å². The molecule has 0 heterocycles. The number of hydrogen-bond acceptors (Lipinski definition) is 1. The molecule has 0 unspecified atom stereocenters. The number of aryl methyl sites for hydroxylation is 1. The molecule has 2 aromatic rings. The minimum absolute atomic E-state index is 0.250. The Labute approximate surface area is 121 Å². The van der Waals surface area contributed by atoms with Crippen LogP contribution in [0.1, 0.15) is 27.8 Å². The van der Waals surface area contributed by atoms with Gasteiger partial charge in [-0.25, -0.2) is 0 Å². The van der Waals surface area contributed by atoms with Gasteiger partial charge in [-0.3, -0.25) is 4.79 Å². The average molecular weight is 319 g/mol. The largest absolute Gasteiger partial charge is 0.483 e. The van der Waals surface area contributed by atoms with Crippen molar-refractivity contribution in [3.8, 4) is 0 Å². The molecular weight excluding hydrogens is 304 g/mol. The lowest BCUT2D eigenvalue weighted by Crippen LogP contribution is -2.07. The normalized spacial score (nSPS) is 11.7. The quantitative estimate of drug-likeness (QED) is 0.637. The molecule has 0 saturated carbocycles. The van der Waals surface area contributed by atoms with Crippen molar-refractivity contribution in [1.29, 1.82) is 0 Å². The van der Waals surface area contributed by atoms with Gasteiger partial charge in [0.25, 0.3) is 6.47 Å². The highest BCUT2D eigenvalue weighted by Gasteiger charge is 2.14. The van der Waals surface area contributed by atoms with Crippen molar-refractivity contribution >= 4 is 22.4 Å². The molecule has 2 aromatic carbocycles. The van der Waals surface area contributed by atoms with Gasteiger partial charge >= 0.3 is 0 Å². The van der Waals surface area contributed by atoms with E-state index in [1.807, 2.05) is 0 Å². The van der Waals surface area contributed by atoms with E-state index in [0.29, 0.717) is 0 Å². The molecule has 0 atom stereocenters. The van der Waals surface area contributed by atoms with Crippen molar-refractivity contribution in [3.05, 3.63) is 68.7 Å². The monoisotopic (exact) mass is 318 g/mol. The van der Waals surface area contributed by atoms with Gasteiger partial charge in [-0.15, -0.1) is 0 Å². The Bertz CT molecular complexity index is 556. The van der Waals surface area contributed by atoms with Gasteiger partial charge in [-0.1, -0.05) is 45.8 Å². The minimum atomic E-state index is -0.250. The van der Waals surface area contributed by atoms with Gasteiger partial charge < -0.3 is 5.11 Å². The van der Waals surface area contributed by atoms with E-state index >= 15 is 0 Å². The molecule has 0 aromatic heterocycles. The molecular formula is C16H15BrO2. The average Bonchev–Trinajstić information content (AvgIpc) is 2.37. The zero-order valence-corrected chi connectivity index (χ0v) is 12.3. The summed E-state index contributed by atoms with van der Waals surface area (Å²) in [5.41, 5.74) is 7.27. The van der Waals surface area contributed by atoms with E-state index < -0.39 is 0 Å². The molecule has 0 bridgehead atoms. The zero-order chi connectivity index (χ0) is 13.8. The van der Waals surface area contributed by atoms with Crippen LogP contribution in [0.2, 0.25) is 0 Å². The summed E-state index contributed by atoms with van der Waals surface area (Å²) >= 11 is 3.54. The summed E-state index contributed by atoms with van der Waals surface area (Å²) in [5.74, 6) is 0. The SMILES string of the molecule is Cc1ccc2c(c1)Cc1cc(Br)ccc1C2.O=CO. The summed E-state index contributed by atoms with van der Waals surface area (Å²) in [5, 5.41) is 6.89. The van der Waals surface area contributed by atoms with Gasteiger partial charge in [-0.2, -0.15) is 0 Å². The van der Waals surface area contributed by atoms with Crippen molar-refractivity contribution in [2.45, 2.75) is 19.8 Å². The fraction of sp³-hybridized carbons (Fsp3) is 0.188. The summed E-state index contributed by atoms with van der Waals surface area (Å²) < 4.78 is 1.18. The maximum Gasteiger partial charge on any atom is 0.290 e. The van der Waals surface area contributed by atoms with Gasteiger partial charge in [0.05, 0.1) is 0 Å². The van der Waals surface area contributed by atoms with E-state index in [-0.39, 0.29) is 6.47 Å². The smallest absolute Gasteiger partial charge is 0.290 e. The van der Waals surface area contributed by atoms with E-state index in [9.17, 15) is 0 Å². The predicted molar refractivity (Wildman–Crippen MR) is 79.6 cm³/mol. The maximum atomic E-state index is 8.36. The predicted octanol–water partition coefficient (Wildman–Crippen LogP) is 3.95. The lowest BCUT2D eigenvalue weighted by molar-refractivity contribution is -0.122. The van der Waals surface area contributed by atoms with Crippen LogP contribution in [0.5, 0.6) is 0 Å². The van der Waals surface area contributed by atoms with Crippen molar-refractivity contribution < 1.29 is 9.90 Å². The molecule has 1 N–H and O–H groups in total. The molecule has 0 radical (unpaired) electrons. The van der Waals surface area contributed by atoms with Gasteiger partial charge in [0, 0.05) is 4.47 Å². The third kappa shape index (κ3) is 3.24. The van der Waals surface area contributed by atoms with Crippen molar-refractivity contribution in [2.24, 2.45) is 0 Å². The van der Waals surface area contributed by atoms with Gasteiger partial charge in [0.1, 0.15) is 0 Å². The first-order valence-electron chi connectivity index (χ1n) is 6.07. The number of rotatable bonds is 0. The van der Waals surface area contributed by atoms with Gasteiger partial charge in [0.2, 0.25) is 0 Å². The molecule has 1 aliphatic carbocycles. The molecule has 3 rings (SSSR count). The van der Waals surface area contributed by atoms with Crippen LogP contribution in [-0.2, 0) is 17.6 Å². The summed E-state index contributed by atoms with van der Waals surface area (Å²) in [6.45, 7) is 1.91. The molecule has 3 heteroatoms. The fourth-order valence-corrected chi connectivity index (χ4v) is 2.84. The number of carboxylic acid groups (broad SMARTS) is 1. The molecule has 1 aliphatic rings. The third-order valence-corrected chi connectivity index (χ3v) is 3.79. The highest BCUT2D eigenvalue weighted by atomic mass is 79.9. The van der Waals surface area contributed by atoms with Crippen molar-refractivity contribution in [2.75, 3.05) is 0 Å². The first-order valence-corrected chi connectivity index (χ1v) is 6.87. The molecule has 98 valence electrons. The number of hydrogen-bond donors (Lipinski definition) is 1. The Morgan fingerprint density at radius 2 is 1.53 bits per heavy atom. The van der Waals surface area contributed by atoms with Crippen LogP contribution in [0.4, 0.5) is 0 Å². The number of halogens is 1. The summed E-state index contributed by atoms with van der Waals surface area (Å²) in [4.78, 5) is 8.36. The first kappa shape index (κ1) is 13.8. The highest BCUT2D eigenvalue weighted by molar-refractivity contribution is 9.10. The lowest BCUT2D eigenvalue weighted by atomic mass is 9.85. The van der Waals surface area contributed by atoms with Crippen molar-refractivity contribution in [1.82, 2.24) is 0 Å². The van der Waals surface area contributed by atoms with Crippen LogP contribution in [0, 0.1) is 6.92 Å². The van der Waals surface area contributed by atoms with E-state index in [0.717, 1.165) is 12.8 Å². The standard InChI is InChI=1S/C15H13Br.CH2O2/c1-10-2-3-11-7-12-4-5-15(16)9-14(12)8-13(11)6-10;2-1-3/h2-6,9H,7-8H2,1H3;1H,(H,2,3). The van der Waals surface area contributed by atoms with E-state index in [1.54, 1.807) is 0 Å². The molecule has 19 heavy (non-hydrogen) atoms. The van der Waals surface area contributed by atoms with Crippen LogP contribution in [-0.4, -0.2) is 11.6 Å². The maximum absolute atomic E-state index is 8.36. The van der Waals surface area contributed by atoms with E-state index in [4.69, 9.17) is 9.90 Å². The Kier molecular flexibility index (Phi) is 4.38. The molecule has 2 nitrogen and oxygen atoms in total. The second-order valence-corrected chi connectivity index (χ2v) is 5.56.